The Morgan fingerprint density at radius 1 is 1.62 bits per heavy atom. The molecule has 16 heavy (non-hydrogen) atoms. The molecule has 1 N–H and O–H groups in total. The SMILES string of the molecule is COCC(C)OC(=O)NC1CCCC1(F)F. The number of halogens is 2. The first kappa shape index (κ1) is 13.2. The van der Waals surface area contributed by atoms with E-state index in [1.54, 1.807) is 6.92 Å². The summed E-state index contributed by atoms with van der Waals surface area (Å²) >= 11 is 0. The maximum Gasteiger partial charge on any atom is 0.407 e. The van der Waals surface area contributed by atoms with Gasteiger partial charge in [-0.05, 0) is 19.8 Å². The first-order chi connectivity index (χ1) is 7.45. The highest BCUT2D eigenvalue weighted by molar-refractivity contribution is 5.68. The Morgan fingerprint density at radius 2 is 2.31 bits per heavy atom. The number of carbonyl (C=O) groups excluding carboxylic acids is 1. The third-order valence-corrected chi connectivity index (χ3v) is 2.51. The molecule has 0 radical (unpaired) electrons. The van der Waals surface area contributed by atoms with Gasteiger partial charge in [-0.3, -0.25) is 0 Å². The van der Waals surface area contributed by atoms with Crippen LogP contribution in [0.4, 0.5) is 13.6 Å². The van der Waals surface area contributed by atoms with Crippen molar-refractivity contribution < 1.29 is 23.0 Å². The van der Waals surface area contributed by atoms with Gasteiger partial charge < -0.3 is 14.8 Å². The second-order valence-electron chi connectivity index (χ2n) is 4.02. The van der Waals surface area contributed by atoms with Crippen LogP contribution in [0, 0.1) is 0 Å². The Bertz CT molecular complexity index is 248. The molecular weight excluding hydrogens is 220 g/mol. The van der Waals surface area contributed by atoms with Gasteiger partial charge in [0.15, 0.2) is 0 Å². The van der Waals surface area contributed by atoms with Crippen LogP contribution < -0.4 is 5.32 Å². The fourth-order valence-electron chi connectivity index (χ4n) is 1.73. The van der Waals surface area contributed by atoms with Gasteiger partial charge in [-0.2, -0.15) is 0 Å². The fraction of sp³-hybridized carbons (Fsp3) is 0.900. The Kier molecular flexibility index (Phi) is 4.46. The van der Waals surface area contributed by atoms with Gasteiger partial charge in [0.05, 0.1) is 12.6 Å². The van der Waals surface area contributed by atoms with Crippen LogP contribution in [0.1, 0.15) is 26.2 Å². The molecule has 1 aliphatic carbocycles. The zero-order chi connectivity index (χ0) is 12.2. The molecule has 6 heteroatoms. The lowest BCUT2D eigenvalue weighted by Crippen LogP contribution is -2.45. The van der Waals surface area contributed by atoms with E-state index in [1.165, 1.54) is 7.11 Å². The summed E-state index contributed by atoms with van der Waals surface area (Å²) in [7, 11) is 1.48. The van der Waals surface area contributed by atoms with E-state index < -0.39 is 24.2 Å². The molecule has 0 bridgehead atoms. The predicted octanol–water partition coefficient (Wildman–Crippen LogP) is 1.94. The van der Waals surface area contributed by atoms with E-state index in [9.17, 15) is 13.6 Å². The summed E-state index contributed by atoms with van der Waals surface area (Å²) in [5, 5.41) is 2.19. The van der Waals surface area contributed by atoms with Crippen LogP contribution in [0.25, 0.3) is 0 Å². The lowest BCUT2D eigenvalue weighted by molar-refractivity contribution is -0.0214. The summed E-state index contributed by atoms with van der Waals surface area (Å²) in [5.41, 5.74) is 0. The van der Waals surface area contributed by atoms with Crippen LogP contribution in [-0.2, 0) is 9.47 Å². The minimum absolute atomic E-state index is 0.175. The maximum absolute atomic E-state index is 13.2. The van der Waals surface area contributed by atoms with E-state index in [-0.39, 0.29) is 13.0 Å². The number of rotatable bonds is 4. The summed E-state index contributed by atoms with van der Waals surface area (Å²) < 4.78 is 35.9. The molecule has 4 nitrogen and oxygen atoms in total. The maximum atomic E-state index is 13.2. The summed E-state index contributed by atoms with van der Waals surface area (Å²) in [6, 6.07) is -1.10. The van der Waals surface area contributed by atoms with Crippen LogP contribution >= 0.6 is 0 Å². The monoisotopic (exact) mass is 237 g/mol. The number of hydrogen-bond donors (Lipinski definition) is 1. The minimum atomic E-state index is -2.82. The van der Waals surface area contributed by atoms with Gasteiger partial charge >= 0.3 is 6.09 Å². The van der Waals surface area contributed by atoms with Gasteiger partial charge in [0.2, 0.25) is 0 Å². The third kappa shape index (κ3) is 3.59. The van der Waals surface area contributed by atoms with Crippen LogP contribution in [0.15, 0.2) is 0 Å². The number of ether oxygens (including phenoxy) is 2. The first-order valence-corrected chi connectivity index (χ1v) is 5.29. The summed E-state index contributed by atoms with van der Waals surface area (Å²) in [4.78, 5) is 11.2. The van der Waals surface area contributed by atoms with Crippen LogP contribution in [-0.4, -0.2) is 37.9 Å². The van der Waals surface area contributed by atoms with E-state index in [4.69, 9.17) is 9.47 Å². The fourth-order valence-corrected chi connectivity index (χ4v) is 1.73. The van der Waals surface area contributed by atoms with Crippen molar-refractivity contribution in [3.8, 4) is 0 Å². The first-order valence-electron chi connectivity index (χ1n) is 5.29. The standard InChI is InChI=1S/C10H17F2NO3/c1-7(6-15-2)16-9(14)13-8-4-3-5-10(8,11)12/h7-8H,3-6H2,1-2H3,(H,13,14). The molecule has 0 aromatic heterocycles. The number of carbonyl (C=O) groups is 1. The number of alkyl halides is 2. The smallest absolute Gasteiger partial charge is 0.407 e. The van der Waals surface area contributed by atoms with Gasteiger partial charge in [-0.25, -0.2) is 13.6 Å². The summed E-state index contributed by atoms with van der Waals surface area (Å²) in [5.74, 6) is -2.82. The lowest BCUT2D eigenvalue weighted by Gasteiger charge is -2.21. The average molecular weight is 237 g/mol. The Morgan fingerprint density at radius 3 is 2.81 bits per heavy atom. The second-order valence-corrected chi connectivity index (χ2v) is 4.02. The van der Waals surface area contributed by atoms with Crippen molar-refractivity contribution in [2.75, 3.05) is 13.7 Å². The molecule has 0 aliphatic heterocycles. The second kappa shape index (κ2) is 5.43. The molecule has 1 aliphatic rings. The number of nitrogens with one attached hydrogen (secondary N) is 1. The molecule has 0 aromatic rings. The van der Waals surface area contributed by atoms with E-state index in [0.717, 1.165) is 0 Å². The zero-order valence-electron chi connectivity index (χ0n) is 9.46. The largest absolute Gasteiger partial charge is 0.444 e. The molecule has 0 aromatic carbocycles. The Hall–Kier alpha value is -0.910. The van der Waals surface area contributed by atoms with E-state index >= 15 is 0 Å². The van der Waals surface area contributed by atoms with Crippen molar-refractivity contribution in [2.24, 2.45) is 0 Å². The molecule has 1 amide bonds. The van der Waals surface area contributed by atoms with Gasteiger partial charge in [0, 0.05) is 13.5 Å². The van der Waals surface area contributed by atoms with Gasteiger partial charge in [-0.15, -0.1) is 0 Å². The van der Waals surface area contributed by atoms with Crippen molar-refractivity contribution in [3.05, 3.63) is 0 Å². The highest BCUT2D eigenvalue weighted by Crippen LogP contribution is 2.34. The van der Waals surface area contributed by atoms with Crippen molar-refractivity contribution >= 4 is 6.09 Å². The molecule has 0 spiro atoms. The molecule has 1 rings (SSSR count). The lowest BCUT2D eigenvalue weighted by atomic mass is 10.2. The molecule has 0 saturated heterocycles. The normalized spacial score (nSPS) is 25.1. The number of hydrogen-bond acceptors (Lipinski definition) is 3. The minimum Gasteiger partial charge on any atom is -0.444 e. The summed E-state index contributed by atoms with van der Waals surface area (Å²) in [6.45, 7) is 1.88. The average Bonchev–Trinajstić information content (AvgIpc) is 2.46. The Labute approximate surface area is 93.3 Å². The molecule has 1 saturated carbocycles. The molecule has 0 heterocycles. The molecular formula is C10H17F2NO3. The van der Waals surface area contributed by atoms with Crippen molar-refractivity contribution in [3.63, 3.8) is 0 Å². The highest BCUT2D eigenvalue weighted by Gasteiger charge is 2.44. The van der Waals surface area contributed by atoms with E-state index in [0.29, 0.717) is 12.8 Å². The van der Waals surface area contributed by atoms with Crippen LogP contribution in [0.2, 0.25) is 0 Å². The van der Waals surface area contributed by atoms with E-state index in [1.807, 2.05) is 0 Å². The highest BCUT2D eigenvalue weighted by atomic mass is 19.3. The van der Waals surface area contributed by atoms with Gasteiger partial charge in [0.1, 0.15) is 6.10 Å². The quantitative estimate of drug-likeness (QED) is 0.812. The summed E-state index contributed by atoms with van der Waals surface area (Å²) in [6.07, 6.45) is -0.714. The third-order valence-electron chi connectivity index (χ3n) is 2.51. The zero-order valence-corrected chi connectivity index (χ0v) is 9.46. The topological polar surface area (TPSA) is 47.6 Å². The predicted molar refractivity (Wildman–Crippen MR) is 53.5 cm³/mol. The molecule has 2 atom stereocenters. The van der Waals surface area contributed by atoms with Crippen LogP contribution in [0.5, 0.6) is 0 Å². The van der Waals surface area contributed by atoms with Crippen LogP contribution in [0.3, 0.4) is 0 Å². The van der Waals surface area contributed by atoms with Crippen molar-refractivity contribution in [1.82, 2.24) is 5.32 Å². The number of amides is 1. The number of methoxy groups -OCH3 is 1. The van der Waals surface area contributed by atoms with E-state index in [2.05, 4.69) is 5.32 Å². The Balaban J connectivity index is 2.34. The molecule has 1 fully saturated rings. The van der Waals surface area contributed by atoms with Gasteiger partial charge in [0.25, 0.3) is 5.92 Å². The molecule has 94 valence electrons. The van der Waals surface area contributed by atoms with Gasteiger partial charge in [-0.1, -0.05) is 0 Å². The number of alkyl carbamates (subject to hydrolysis) is 1. The van der Waals surface area contributed by atoms with Crippen molar-refractivity contribution in [2.45, 2.75) is 44.3 Å². The molecule has 2 unspecified atom stereocenters. The van der Waals surface area contributed by atoms with Crippen molar-refractivity contribution in [1.29, 1.82) is 0 Å².